The van der Waals surface area contributed by atoms with Crippen LogP contribution in [0.4, 0.5) is 11.4 Å². The summed E-state index contributed by atoms with van der Waals surface area (Å²) in [6.45, 7) is 3.50. The van der Waals surface area contributed by atoms with Crippen LogP contribution in [0.15, 0.2) is 48.7 Å². The van der Waals surface area contributed by atoms with Gasteiger partial charge in [-0.25, -0.2) is 4.98 Å². The van der Waals surface area contributed by atoms with Crippen LogP contribution in [0.3, 0.4) is 0 Å². The van der Waals surface area contributed by atoms with Crippen molar-refractivity contribution in [1.82, 2.24) is 19.4 Å². The topological polar surface area (TPSA) is 104 Å². The van der Waals surface area contributed by atoms with E-state index in [2.05, 4.69) is 20.2 Å². The third kappa shape index (κ3) is 5.44. The predicted molar refractivity (Wildman–Crippen MR) is 168 cm³/mol. The van der Waals surface area contributed by atoms with Gasteiger partial charge in [0, 0.05) is 56.7 Å². The second kappa shape index (κ2) is 11.6. The first-order valence-electron chi connectivity index (χ1n) is 14.5. The molecular formula is C33H35ClN6O3. The lowest BCUT2D eigenvalue weighted by atomic mass is 9.98. The van der Waals surface area contributed by atoms with Gasteiger partial charge in [-0.15, -0.1) is 0 Å². The van der Waals surface area contributed by atoms with E-state index < -0.39 is 0 Å². The summed E-state index contributed by atoms with van der Waals surface area (Å²) in [6, 6.07) is 13.1. The summed E-state index contributed by atoms with van der Waals surface area (Å²) in [6.07, 6.45) is 4.57. The van der Waals surface area contributed by atoms with Gasteiger partial charge in [0.15, 0.2) is 5.82 Å². The van der Waals surface area contributed by atoms with Crippen LogP contribution in [0.2, 0.25) is 5.02 Å². The normalized spacial score (nSPS) is 14.8. The molecule has 1 aliphatic carbocycles. The number of fused-ring (bicyclic) bond motifs is 1. The summed E-state index contributed by atoms with van der Waals surface area (Å²) in [5, 5.41) is 13.1. The van der Waals surface area contributed by atoms with Crippen LogP contribution >= 0.6 is 11.6 Å². The summed E-state index contributed by atoms with van der Waals surface area (Å²) < 4.78 is 1.87. The minimum absolute atomic E-state index is 0.0913. The summed E-state index contributed by atoms with van der Waals surface area (Å²) in [5.74, 6) is 0.180. The lowest BCUT2D eigenvalue weighted by Crippen LogP contribution is -2.28. The molecular weight excluding hydrogens is 564 g/mol. The van der Waals surface area contributed by atoms with E-state index in [4.69, 9.17) is 11.6 Å². The van der Waals surface area contributed by atoms with Gasteiger partial charge in [-0.3, -0.25) is 14.6 Å². The van der Waals surface area contributed by atoms with Crippen LogP contribution in [-0.4, -0.2) is 57.0 Å². The highest BCUT2D eigenvalue weighted by atomic mass is 35.5. The lowest BCUT2D eigenvalue weighted by molar-refractivity contribution is 0.0985. The molecule has 4 aromatic rings. The van der Waals surface area contributed by atoms with E-state index in [1.54, 1.807) is 24.2 Å². The average molecular weight is 599 g/mol. The molecule has 0 bridgehead atoms. The zero-order chi connectivity index (χ0) is 30.4. The minimum Gasteiger partial charge on any atom is -0.392 e. The number of aromatic nitrogens is 3. The van der Waals surface area contributed by atoms with Crippen molar-refractivity contribution in [2.45, 2.75) is 45.3 Å². The molecule has 2 aliphatic rings. The first kappa shape index (κ1) is 29.0. The Balaban J connectivity index is 1.27. The van der Waals surface area contributed by atoms with E-state index in [0.717, 1.165) is 70.7 Å². The molecule has 2 aromatic heterocycles. The second-order valence-corrected chi connectivity index (χ2v) is 11.9. The van der Waals surface area contributed by atoms with E-state index in [9.17, 15) is 14.7 Å². The van der Waals surface area contributed by atoms with Crippen LogP contribution < -0.4 is 10.2 Å². The fraction of sp³-hybridized carbons (Fsp3) is 0.333. The molecule has 6 rings (SSSR count). The number of hydrogen-bond donors (Lipinski definition) is 2. The maximum absolute atomic E-state index is 13.6. The fourth-order valence-electron chi connectivity index (χ4n) is 5.96. The highest BCUT2D eigenvalue weighted by molar-refractivity contribution is 6.36. The molecule has 0 unspecified atom stereocenters. The number of nitrogens with zero attached hydrogens (tertiary/aromatic N) is 5. The summed E-state index contributed by atoms with van der Waals surface area (Å²) in [7, 11) is 5.65. The first-order chi connectivity index (χ1) is 20.7. The molecule has 0 spiro atoms. The Labute approximate surface area is 256 Å². The number of pyridine rings is 1. The molecule has 1 fully saturated rings. The molecule has 1 aliphatic heterocycles. The standard InChI is InChI=1S/C33H35ClN6O3/c1-19-22(7-6-10-28(19)40(4)33(43)26-15-24(20-11-12-20)21(18-41)16-35-26)23-8-5-9-25(30(23)34)37-32(42)31-36-27-17-38(2)14-13-29(27)39(31)3/h5-10,15-16,20,41H,11-14,17-18H2,1-4H3,(H,37,42). The van der Waals surface area contributed by atoms with E-state index in [1.165, 1.54) is 0 Å². The van der Waals surface area contributed by atoms with Crippen LogP contribution in [0, 0.1) is 6.92 Å². The van der Waals surface area contributed by atoms with E-state index in [1.807, 2.05) is 62.0 Å². The molecule has 0 saturated heterocycles. The third-order valence-electron chi connectivity index (χ3n) is 8.59. The van der Waals surface area contributed by atoms with Crippen LogP contribution in [0.25, 0.3) is 11.1 Å². The number of rotatable bonds is 7. The van der Waals surface area contributed by atoms with Gasteiger partial charge in [0.2, 0.25) is 0 Å². The molecule has 0 radical (unpaired) electrons. The molecule has 2 amide bonds. The van der Waals surface area contributed by atoms with Gasteiger partial charge >= 0.3 is 0 Å². The number of benzene rings is 2. The van der Waals surface area contributed by atoms with Crippen molar-refractivity contribution >= 4 is 34.8 Å². The smallest absolute Gasteiger partial charge is 0.291 e. The van der Waals surface area contributed by atoms with Gasteiger partial charge in [-0.2, -0.15) is 0 Å². The lowest BCUT2D eigenvalue weighted by Gasteiger charge is -2.22. The highest BCUT2D eigenvalue weighted by Gasteiger charge is 2.29. The molecule has 0 atom stereocenters. The van der Waals surface area contributed by atoms with Crippen molar-refractivity contribution in [3.8, 4) is 11.1 Å². The summed E-state index contributed by atoms with van der Waals surface area (Å²) in [5.41, 5.74) is 7.77. The third-order valence-corrected chi connectivity index (χ3v) is 8.99. The Morgan fingerprint density at radius 3 is 2.63 bits per heavy atom. The number of anilines is 2. The Kier molecular flexibility index (Phi) is 7.81. The van der Waals surface area contributed by atoms with Crippen molar-refractivity contribution in [2.75, 3.05) is 30.9 Å². The number of nitrogens with one attached hydrogen (secondary N) is 1. The maximum atomic E-state index is 13.6. The van der Waals surface area contributed by atoms with Gasteiger partial charge in [0.1, 0.15) is 5.69 Å². The van der Waals surface area contributed by atoms with Gasteiger partial charge in [0.25, 0.3) is 11.8 Å². The zero-order valence-corrected chi connectivity index (χ0v) is 25.6. The van der Waals surface area contributed by atoms with Crippen molar-refractivity contribution in [1.29, 1.82) is 0 Å². The zero-order valence-electron chi connectivity index (χ0n) is 24.8. The van der Waals surface area contributed by atoms with E-state index in [-0.39, 0.29) is 18.4 Å². The molecule has 2 aromatic carbocycles. The average Bonchev–Trinajstić information content (AvgIpc) is 3.80. The van der Waals surface area contributed by atoms with Crippen molar-refractivity contribution < 1.29 is 14.7 Å². The Morgan fingerprint density at radius 1 is 1.14 bits per heavy atom. The van der Waals surface area contributed by atoms with Gasteiger partial charge in [0.05, 0.1) is 23.0 Å². The molecule has 43 heavy (non-hydrogen) atoms. The molecule has 222 valence electrons. The number of hydrogen-bond acceptors (Lipinski definition) is 6. The number of carbonyl (C=O) groups excluding carboxylic acids is 2. The van der Waals surface area contributed by atoms with Crippen LogP contribution in [-0.2, 0) is 26.6 Å². The Bertz CT molecular complexity index is 1740. The summed E-state index contributed by atoms with van der Waals surface area (Å²) >= 11 is 6.92. The molecule has 2 N–H and O–H groups in total. The molecule has 3 heterocycles. The van der Waals surface area contributed by atoms with Crippen molar-refractivity contribution in [3.05, 3.63) is 93.3 Å². The summed E-state index contributed by atoms with van der Waals surface area (Å²) in [4.78, 5) is 39.7. The number of carbonyl (C=O) groups is 2. The largest absolute Gasteiger partial charge is 0.392 e. The minimum atomic E-state index is -0.320. The number of imidazole rings is 1. The predicted octanol–water partition coefficient (Wildman–Crippen LogP) is 5.33. The monoisotopic (exact) mass is 598 g/mol. The van der Waals surface area contributed by atoms with E-state index >= 15 is 0 Å². The van der Waals surface area contributed by atoms with Gasteiger partial charge in [-0.1, -0.05) is 35.9 Å². The highest BCUT2D eigenvalue weighted by Crippen LogP contribution is 2.42. The Morgan fingerprint density at radius 2 is 1.88 bits per heavy atom. The van der Waals surface area contributed by atoms with Crippen molar-refractivity contribution in [2.24, 2.45) is 7.05 Å². The number of aliphatic hydroxyl groups is 1. The van der Waals surface area contributed by atoms with Gasteiger partial charge in [-0.05, 0) is 73.2 Å². The number of likely N-dealkylation sites (N-methyl/N-ethyl adjacent to an activating group) is 1. The van der Waals surface area contributed by atoms with Crippen LogP contribution in [0.5, 0.6) is 0 Å². The van der Waals surface area contributed by atoms with E-state index in [0.29, 0.717) is 34.7 Å². The number of amides is 2. The molecule has 1 saturated carbocycles. The van der Waals surface area contributed by atoms with Crippen molar-refractivity contribution in [3.63, 3.8) is 0 Å². The second-order valence-electron chi connectivity index (χ2n) is 11.5. The number of halogens is 1. The number of aliphatic hydroxyl groups excluding tert-OH is 1. The first-order valence-corrected chi connectivity index (χ1v) is 14.9. The fourth-order valence-corrected chi connectivity index (χ4v) is 6.23. The molecule has 9 nitrogen and oxygen atoms in total. The quantitative estimate of drug-likeness (QED) is 0.298. The molecule has 10 heteroatoms. The Hall–Kier alpha value is -4.05. The van der Waals surface area contributed by atoms with Crippen LogP contribution in [0.1, 0.15) is 67.9 Å². The SMILES string of the molecule is Cc1c(-c2cccc(NC(=O)c3nc4c(n3C)CCN(C)C4)c2Cl)cccc1N(C)C(=O)c1cc(C2CC2)c(CO)cn1. The maximum Gasteiger partial charge on any atom is 0.291 e. The van der Waals surface area contributed by atoms with Gasteiger partial charge < -0.3 is 24.8 Å².